The molecular formula is C32H27FN4O4. The van der Waals surface area contributed by atoms with Crippen LogP contribution in [0.1, 0.15) is 35.3 Å². The number of amides is 1. The third-order valence-electron chi connectivity index (χ3n) is 7.79. The van der Waals surface area contributed by atoms with Crippen LogP contribution in [0.15, 0.2) is 76.3 Å². The molecule has 0 saturated carbocycles. The van der Waals surface area contributed by atoms with Crippen LogP contribution < -0.4 is 17.0 Å². The van der Waals surface area contributed by atoms with E-state index in [-0.39, 0.29) is 5.39 Å². The van der Waals surface area contributed by atoms with E-state index in [0.717, 1.165) is 32.5 Å². The minimum absolute atomic E-state index is 0.0874. The summed E-state index contributed by atoms with van der Waals surface area (Å²) in [6, 6.07) is 18.0. The molecule has 8 nitrogen and oxygen atoms in total. The van der Waals surface area contributed by atoms with Crippen molar-refractivity contribution < 1.29 is 14.3 Å². The summed E-state index contributed by atoms with van der Waals surface area (Å²) in [5.41, 5.74) is 8.52. The number of aromatic nitrogens is 3. The molecule has 0 aliphatic rings. The second-order valence-corrected chi connectivity index (χ2v) is 10.8. The van der Waals surface area contributed by atoms with Gasteiger partial charge >= 0.3 is 5.69 Å². The summed E-state index contributed by atoms with van der Waals surface area (Å²) in [4.78, 5) is 42.6. The number of carbonyl (C=O) groups excluding carboxylic acids is 1. The lowest BCUT2D eigenvalue weighted by Crippen LogP contribution is -2.38. The zero-order valence-electron chi connectivity index (χ0n) is 22.9. The second kappa shape index (κ2) is 9.00. The van der Waals surface area contributed by atoms with Crippen molar-refractivity contribution in [2.45, 2.75) is 26.4 Å². The van der Waals surface area contributed by atoms with Gasteiger partial charge < -0.3 is 15.8 Å². The molecule has 0 radical (unpaired) electrons. The molecule has 6 aromatic rings. The van der Waals surface area contributed by atoms with Crippen LogP contribution in [0.3, 0.4) is 0 Å². The number of aliphatic hydroxyl groups is 1. The number of fused-ring (bicyclic) bond motifs is 4. The van der Waals surface area contributed by atoms with Crippen molar-refractivity contribution in [3.8, 4) is 16.8 Å². The van der Waals surface area contributed by atoms with Crippen molar-refractivity contribution in [3.63, 3.8) is 0 Å². The maximum atomic E-state index is 14.1. The van der Waals surface area contributed by atoms with E-state index in [1.165, 1.54) is 23.7 Å². The average molecular weight is 551 g/mol. The van der Waals surface area contributed by atoms with Gasteiger partial charge in [0.05, 0.1) is 33.3 Å². The number of H-pyrrole nitrogens is 1. The normalized spacial score (nSPS) is 12.0. The van der Waals surface area contributed by atoms with Crippen LogP contribution in [-0.4, -0.2) is 25.1 Å². The van der Waals surface area contributed by atoms with E-state index in [1.54, 1.807) is 45.0 Å². The van der Waals surface area contributed by atoms with Crippen molar-refractivity contribution in [3.05, 3.63) is 110 Å². The summed E-state index contributed by atoms with van der Waals surface area (Å²) >= 11 is 0. The Balaban J connectivity index is 1.67. The Morgan fingerprint density at radius 3 is 2.44 bits per heavy atom. The summed E-state index contributed by atoms with van der Waals surface area (Å²) in [5, 5.41) is 12.2. The molecule has 0 fully saturated rings. The fourth-order valence-electron chi connectivity index (χ4n) is 5.63. The van der Waals surface area contributed by atoms with Crippen molar-refractivity contribution in [2.24, 2.45) is 12.8 Å². The topological polar surface area (TPSA) is 123 Å². The lowest BCUT2D eigenvalue weighted by atomic mass is 9.92. The van der Waals surface area contributed by atoms with Crippen LogP contribution in [0.5, 0.6) is 0 Å². The van der Waals surface area contributed by atoms with E-state index in [9.17, 15) is 23.9 Å². The maximum Gasteiger partial charge on any atom is 0.335 e. The highest BCUT2D eigenvalue weighted by molar-refractivity contribution is 6.20. The monoisotopic (exact) mass is 550 g/mol. The van der Waals surface area contributed by atoms with Gasteiger partial charge in [-0.1, -0.05) is 30.3 Å². The smallest absolute Gasteiger partial charge is 0.335 e. The lowest BCUT2D eigenvalue weighted by molar-refractivity contribution is 0.0787. The largest absolute Gasteiger partial charge is 0.386 e. The minimum atomic E-state index is -1.08. The van der Waals surface area contributed by atoms with Gasteiger partial charge in [0.1, 0.15) is 5.82 Å². The van der Waals surface area contributed by atoms with E-state index in [4.69, 9.17) is 5.73 Å². The minimum Gasteiger partial charge on any atom is -0.386 e. The number of hydrogen-bond donors (Lipinski definition) is 3. The van der Waals surface area contributed by atoms with E-state index in [1.807, 2.05) is 24.3 Å². The number of benzene rings is 4. The molecular weight excluding hydrogens is 523 g/mol. The SMILES string of the molecule is Cc1c(-c2ccc(C(N)=O)c3[nH]c4cc(C(C)(C)O)ccc4c23)cccc1-n1c(=O)c2cc(F)ccc2n(C)c1=O. The van der Waals surface area contributed by atoms with E-state index in [2.05, 4.69) is 4.98 Å². The predicted molar refractivity (Wildman–Crippen MR) is 158 cm³/mol. The quantitative estimate of drug-likeness (QED) is 0.293. The molecule has 1 amide bonds. The Hall–Kier alpha value is -5.02. The van der Waals surface area contributed by atoms with Crippen LogP contribution in [0.4, 0.5) is 4.39 Å². The molecule has 206 valence electrons. The van der Waals surface area contributed by atoms with E-state index >= 15 is 0 Å². The molecule has 0 aliphatic heterocycles. The number of hydrogen-bond acceptors (Lipinski definition) is 4. The first-order valence-electron chi connectivity index (χ1n) is 13.0. The third kappa shape index (κ3) is 3.96. The number of carbonyl (C=O) groups is 1. The summed E-state index contributed by atoms with van der Waals surface area (Å²) in [5.74, 6) is -1.17. The van der Waals surface area contributed by atoms with Crippen molar-refractivity contribution in [2.75, 3.05) is 0 Å². The molecule has 0 spiro atoms. The first-order valence-corrected chi connectivity index (χ1v) is 13.0. The zero-order valence-corrected chi connectivity index (χ0v) is 22.9. The number of nitrogens with zero attached hydrogens (tertiary/aromatic N) is 2. The number of nitrogens with one attached hydrogen (secondary N) is 1. The van der Waals surface area contributed by atoms with Crippen LogP contribution in [-0.2, 0) is 12.6 Å². The molecule has 0 bridgehead atoms. The summed E-state index contributed by atoms with van der Waals surface area (Å²) in [6.45, 7) is 5.19. The summed E-state index contributed by atoms with van der Waals surface area (Å²) in [6.07, 6.45) is 0. The van der Waals surface area contributed by atoms with Gasteiger partial charge in [0.25, 0.3) is 11.5 Å². The molecule has 0 aliphatic carbocycles. The summed E-state index contributed by atoms with van der Waals surface area (Å²) in [7, 11) is 1.54. The summed E-state index contributed by atoms with van der Waals surface area (Å²) < 4.78 is 16.5. The molecule has 0 unspecified atom stereocenters. The van der Waals surface area contributed by atoms with E-state index < -0.39 is 28.6 Å². The Kier molecular flexibility index (Phi) is 5.76. The van der Waals surface area contributed by atoms with Crippen LogP contribution >= 0.6 is 0 Å². The average Bonchev–Trinajstić information content (AvgIpc) is 3.31. The highest BCUT2D eigenvalue weighted by Gasteiger charge is 2.22. The van der Waals surface area contributed by atoms with Gasteiger partial charge in [0.2, 0.25) is 0 Å². The molecule has 4 N–H and O–H groups in total. The van der Waals surface area contributed by atoms with Crippen molar-refractivity contribution in [1.82, 2.24) is 14.1 Å². The van der Waals surface area contributed by atoms with Crippen LogP contribution in [0.2, 0.25) is 0 Å². The number of aryl methyl sites for hydroxylation is 1. The van der Waals surface area contributed by atoms with Gasteiger partial charge in [0.15, 0.2) is 0 Å². The van der Waals surface area contributed by atoms with Crippen LogP contribution in [0.25, 0.3) is 49.5 Å². The standard InChI is InChI=1S/C32H27FN4O4/c1-16-19(6-5-7-25(16)37-30(39)23-15-18(33)9-13-26(23)36(4)31(37)40)20-11-12-22(29(34)38)28-27(20)21-10-8-17(32(2,3)41)14-24(21)35-28/h5-15,35,41H,1-4H3,(H2,34,38). The number of nitrogens with two attached hydrogens (primary N) is 1. The first kappa shape index (κ1) is 26.2. The Morgan fingerprint density at radius 2 is 1.73 bits per heavy atom. The van der Waals surface area contributed by atoms with Crippen molar-refractivity contribution in [1.29, 1.82) is 0 Å². The molecule has 41 heavy (non-hydrogen) atoms. The number of halogens is 1. The fraction of sp³-hybridized carbons (Fsp3) is 0.156. The Morgan fingerprint density at radius 1 is 0.976 bits per heavy atom. The molecule has 6 rings (SSSR count). The van der Waals surface area contributed by atoms with Gasteiger partial charge in [0, 0.05) is 23.3 Å². The van der Waals surface area contributed by atoms with Crippen molar-refractivity contribution >= 4 is 38.6 Å². The second-order valence-electron chi connectivity index (χ2n) is 10.8. The molecule has 0 atom stereocenters. The van der Waals surface area contributed by atoms with Gasteiger partial charge in [-0.2, -0.15) is 0 Å². The predicted octanol–water partition coefficient (Wildman–Crippen LogP) is 4.76. The maximum absolute atomic E-state index is 14.1. The number of primary amides is 1. The van der Waals surface area contributed by atoms with Gasteiger partial charge in [-0.25, -0.2) is 13.8 Å². The Labute approximate surface area is 233 Å². The highest BCUT2D eigenvalue weighted by Crippen LogP contribution is 2.39. The molecule has 9 heteroatoms. The van der Waals surface area contributed by atoms with Crippen LogP contribution in [0, 0.1) is 12.7 Å². The molecule has 4 aromatic carbocycles. The highest BCUT2D eigenvalue weighted by atomic mass is 19.1. The molecule has 2 heterocycles. The third-order valence-corrected chi connectivity index (χ3v) is 7.79. The number of rotatable bonds is 4. The number of aromatic amines is 1. The molecule has 0 saturated heterocycles. The Bertz CT molecular complexity index is 2200. The lowest BCUT2D eigenvalue weighted by Gasteiger charge is -2.17. The fourth-order valence-corrected chi connectivity index (χ4v) is 5.63. The van der Waals surface area contributed by atoms with Gasteiger partial charge in [-0.3, -0.25) is 14.2 Å². The molecule has 2 aromatic heterocycles. The zero-order chi connectivity index (χ0) is 29.4. The first-order chi connectivity index (χ1) is 19.4. The van der Waals surface area contributed by atoms with Gasteiger partial charge in [-0.05, 0) is 79.4 Å². The van der Waals surface area contributed by atoms with E-state index in [0.29, 0.717) is 38.9 Å². The van der Waals surface area contributed by atoms with Gasteiger partial charge in [-0.15, -0.1) is 0 Å².